The fraction of sp³-hybridized carbons (Fsp3) is 0.579. The molecule has 5 heteroatoms. The van der Waals surface area contributed by atoms with E-state index in [9.17, 15) is 9.59 Å². The van der Waals surface area contributed by atoms with E-state index in [-0.39, 0.29) is 17.4 Å². The second-order valence-electron chi connectivity index (χ2n) is 7.50. The summed E-state index contributed by atoms with van der Waals surface area (Å²) in [4.78, 5) is 25.6. The van der Waals surface area contributed by atoms with Crippen molar-refractivity contribution in [2.45, 2.75) is 57.6 Å². The standard InChI is InChI=1S/C19H28N2O3/c1-19(2,3)14-8-5-13(6-9-14)7-10-17(22)21-12-15(24-4)11-16(21)18(20)23/h5-6,8-9,15-16H,7,10-12H2,1-4H3,(H2,20,23)/t15-,16-/m0/s1. The quantitative estimate of drug-likeness (QED) is 0.896. The van der Waals surface area contributed by atoms with Crippen LogP contribution >= 0.6 is 0 Å². The zero-order valence-corrected chi connectivity index (χ0v) is 15.0. The number of amides is 2. The van der Waals surface area contributed by atoms with Crippen LogP contribution in [0.2, 0.25) is 0 Å². The molecule has 0 spiro atoms. The number of nitrogens with two attached hydrogens (primary N) is 1. The van der Waals surface area contributed by atoms with E-state index in [1.165, 1.54) is 5.56 Å². The van der Waals surface area contributed by atoms with Gasteiger partial charge in [0.2, 0.25) is 11.8 Å². The second-order valence-corrected chi connectivity index (χ2v) is 7.50. The van der Waals surface area contributed by atoms with E-state index in [0.29, 0.717) is 25.8 Å². The van der Waals surface area contributed by atoms with Gasteiger partial charge < -0.3 is 15.4 Å². The number of aryl methyl sites for hydroxylation is 1. The molecule has 2 atom stereocenters. The fourth-order valence-corrected chi connectivity index (χ4v) is 3.08. The first-order valence-corrected chi connectivity index (χ1v) is 8.43. The Bertz CT molecular complexity index is 590. The van der Waals surface area contributed by atoms with Crippen LogP contribution in [0.25, 0.3) is 0 Å². The molecule has 0 radical (unpaired) electrons. The van der Waals surface area contributed by atoms with Crippen LogP contribution in [-0.4, -0.2) is 42.5 Å². The SMILES string of the molecule is CO[C@H]1C[C@@H](C(N)=O)N(C(=O)CCc2ccc(C(C)(C)C)cc2)C1. The molecule has 1 aromatic rings. The van der Waals surface area contributed by atoms with Crippen LogP contribution in [0.15, 0.2) is 24.3 Å². The summed E-state index contributed by atoms with van der Waals surface area (Å²) in [6.07, 6.45) is 1.40. The van der Waals surface area contributed by atoms with Crippen LogP contribution in [0.3, 0.4) is 0 Å². The van der Waals surface area contributed by atoms with Gasteiger partial charge in [-0.15, -0.1) is 0 Å². The molecule has 0 saturated carbocycles. The maximum atomic E-state index is 12.5. The van der Waals surface area contributed by atoms with Crippen molar-refractivity contribution in [2.75, 3.05) is 13.7 Å². The molecule has 2 rings (SSSR count). The molecule has 0 unspecified atom stereocenters. The van der Waals surface area contributed by atoms with E-state index in [2.05, 4.69) is 45.0 Å². The Morgan fingerprint density at radius 2 is 1.88 bits per heavy atom. The van der Waals surface area contributed by atoms with Crippen molar-refractivity contribution >= 4 is 11.8 Å². The van der Waals surface area contributed by atoms with Crippen molar-refractivity contribution < 1.29 is 14.3 Å². The van der Waals surface area contributed by atoms with Crippen LogP contribution in [0.4, 0.5) is 0 Å². The van der Waals surface area contributed by atoms with Crippen LogP contribution in [0.1, 0.15) is 44.7 Å². The van der Waals surface area contributed by atoms with E-state index in [1.807, 2.05) is 0 Å². The molecular formula is C19H28N2O3. The maximum absolute atomic E-state index is 12.5. The first kappa shape index (κ1) is 18.5. The Labute approximate surface area is 144 Å². The van der Waals surface area contributed by atoms with Gasteiger partial charge >= 0.3 is 0 Å². The highest BCUT2D eigenvalue weighted by Crippen LogP contribution is 2.24. The highest BCUT2D eigenvalue weighted by Gasteiger charge is 2.38. The smallest absolute Gasteiger partial charge is 0.240 e. The summed E-state index contributed by atoms with van der Waals surface area (Å²) in [7, 11) is 1.59. The third-order valence-electron chi connectivity index (χ3n) is 4.69. The molecule has 5 nitrogen and oxygen atoms in total. The van der Waals surface area contributed by atoms with Crippen molar-refractivity contribution in [2.24, 2.45) is 5.73 Å². The summed E-state index contributed by atoms with van der Waals surface area (Å²) >= 11 is 0. The molecule has 132 valence electrons. The van der Waals surface area contributed by atoms with E-state index in [0.717, 1.165) is 5.56 Å². The first-order valence-electron chi connectivity index (χ1n) is 8.43. The third kappa shape index (κ3) is 4.35. The lowest BCUT2D eigenvalue weighted by atomic mass is 9.86. The number of primary amides is 1. The van der Waals surface area contributed by atoms with E-state index in [4.69, 9.17) is 10.5 Å². The lowest BCUT2D eigenvalue weighted by molar-refractivity contribution is -0.137. The van der Waals surface area contributed by atoms with E-state index < -0.39 is 11.9 Å². The van der Waals surface area contributed by atoms with Gasteiger partial charge in [-0.25, -0.2) is 0 Å². The summed E-state index contributed by atoms with van der Waals surface area (Å²) in [5.74, 6) is -0.504. The molecule has 1 aliphatic rings. The summed E-state index contributed by atoms with van der Waals surface area (Å²) in [5, 5.41) is 0. The van der Waals surface area contributed by atoms with Crippen molar-refractivity contribution in [3.05, 3.63) is 35.4 Å². The number of methoxy groups -OCH3 is 1. The normalized spacial score (nSPS) is 21.1. The molecule has 1 aliphatic heterocycles. The molecule has 2 amide bonds. The number of nitrogens with zero attached hydrogens (tertiary/aromatic N) is 1. The lowest BCUT2D eigenvalue weighted by Gasteiger charge is -2.22. The highest BCUT2D eigenvalue weighted by atomic mass is 16.5. The van der Waals surface area contributed by atoms with Crippen LogP contribution < -0.4 is 5.73 Å². The van der Waals surface area contributed by atoms with Crippen molar-refractivity contribution in [3.63, 3.8) is 0 Å². The summed E-state index contributed by atoms with van der Waals surface area (Å²) in [5.41, 5.74) is 7.93. The van der Waals surface area contributed by atoms with Crippen molar-refractivity contribution in [1.82, 2.24) is 4.90 Å². The predicted molar refractivity (Wildman–Crippen MR) is 93.6 cm³/mol. The Morgan fingerprint density at radius 3 is 2.38 bits per heavy atom. The number of likely N-dealkylation sites (tertiary alicyclic amines) is 1. The van der Waals surface area contributed by atoms with Gasteiger partial charge in [0.1, 0.15) is 6.04 Å². The van der Waals surface area contributed by atoms with Gasteiger partial charge in [-0.05, 0) is 23.0 Å². The molecular weight excluding hydrogens is 304 g/mol. The Balaban J connectivity index is 1.96. The van der Waals surface area contributed by atoms with E-state index >= 15 is 0 Å². The van der Waals surface area contributed by atoms with Gasteiger partial charge in [0.15, 0.2) is 0 Å². The minimum absolute atomic E-state index is 0.0433. The molecule has 0 aromatic heterocycles. The number of ether oxygens (including phenoxy) is 1. The summed E-state index contributed by atoms with van der Waals surface area (Å²) in [6, 6.07) is 7.82. The molecule has 0 bridgehead atoms. The Morgan fingerprint density at radius 1 is 1.25 bits per heavy atom. The lowest BCUT2D eigenvalue weighted by Crippen LogP contribution is -2.43. The monoisotopic (exact) mass is 332 g/mol. The van der Waals surface area contributed by atoms with Gasteiger partial charge in [0.25, 0.3) is 0 Å². The molecule has 1 fully saturated rings. The van der Waals surface area contributed by atoms with Gasteiger partial charge in [0.05, 0.1) is 6.10 Å². The number of hydrogen-bond acceptors (Lipinski definition) is 3. The topological polar surface area (TPSA) is 72.6 Å². The van der Waals surface area contributed by atoms with Gasteiger partial charge in [-0.3, -0.25) is 9.59 Å². The third-order valence-corrected chi connectivity index (χ3v) is 4.69. The average molecular weight is 332 g/mol. The minimum Gasteiger partial charge on any atom is -0.380 e. The second kappa shape index (κ2) is 7.34. The number of carbonyl (C=O) groups excluding carboxylic acids is 2. The predicted octanol–water partition coefficient (Wildman–Crippen LogP) is 2.02. The molecule has 1 saturated heterocycles. The average Bonchev–Trinajstić information content (AvgIpc) is 2.97. The van der Waals surface area contributed by atoms with Gasteiger partial charge in [-0.2, -0.15) is 0 Å². The minimum atomic E-state index is -0.550. The van der Waals surface area contributed by atoms with E-state index in [1.54, 1.807) is 12.0 Å². The largest absolute Gasteiger partial charge is 0.380 e. The highest BCUT2D eigenvalue weighted by molar-refractivity contribution is 5.87. The Hall–Kier alpha value is -1.88. The fourth-order valence-electron chi connectivity index (χ4n) is 3.08. The number of carbonyl (C=O) groups is 2. The molecule has 2 N–H and O–H groups in total. The molecule has 0 aliphatic carbocycles. The Kier molecular flexibility index (Phi) is 5.65. The maximum Gasteiger partial charge on any atom is 0.240 e. The van der Waals surface area contributed by atoms with Crippen molar-refractivity contribution in [3.8, 4) is 0 Å². The number of hydrogen-bond donors (Lipinski definition) is 1. The van der Waals surface area contributed by atoms with Gasteiger partial charge in [-0.1, -0.05) is 45.0 Å². The first-order chi connectivity index (χ1) is 11.2. The van der Waals surface area contributed by atoms with Crippen LogP contribution in [-0.2, 0) is 26.2 Å². The van der Waals surface area contributed by atoms with Crippen LogP contribution in [0, 0.1) is 0 Å². The van der Waals surface area contributed by atoms with Crippen molar-refractivity contribution in [1.29, 1.82) is 0 Å². The zero-order valence-electron chi connectivity index (χ0n) is 15.0. The van der Waals surface area contributed by atoms with Crippen LogP contribution in [0.5, 0.6) is 0 Å². The molecule has 1 aromatic carbocycles. The summed E-state index contributed by atoms with van der Waals surface area (Å²) < 4.78 is 5.28. The molecule has 24 heavy (non-hydrogen) atoms. The number of benzene rings is 1. The zero-order chi connectivity index (χ0) is 17.9. The van der Waals surface area contributed by atoms with Gasteiger partial charge in [0, 0.05) is 26.5 Å². The number of rotatable bonds is 5. The molecule has 1 heterocycles. The summed E-state index contributed by atoms with van der Waals surface area (Å²) in [6.45, 7) is 6.96.